The van der Waals surface area contributed by atoms with E-state index in [1.807, 2.05) is 27.7 Å². The highest BCUT2D eigenvalue weighted by Gasteiger charge is 2.49. The Bertz CT molecular complexity index is 290. The Labute approximate surface area is 115 Å². The van der Waals surface area contributed by atoms with Gasteiger partial charge in [0.15, 0.2) is 12.1 Å². The highest BCUT2D eigenvalue weighted by Crippen LogP contribution is 2.34. The molecule has 5 heteroatoms. The van der Waals surface area contributed by atoms with E-state index in [0.717, 1.165) is 0 Å². The zero-order chi connectivity index (χ0) is 14.6. The van der Waals surface area contributed by atoms with Crippen LogP contribution in [0.2, 0.25) is 0 Å². The van der Waals surface area contributed by atoms with Gasteiger partial charge in [0.25, 0.3) is 0 Å². The van der Waals surface area contributed by atoms with E-state index in [0.29, 0.717) is 0 Å². The largest absolute Gasteiger partial charge is 0.378 e. The van der Waals surface area contributed by atoms with Crippen LogP contribution in [0.25, 0.3) is 0 Å². The lowest BCUT2D eigenvalue weighted by Gasteiger charge is -2.30. The molecule has 0 aliphatic carbocycles. The van der Waals surface area contributed by atoms with Gasteiger partial charge < -0.3 is 24.1 Å². The van der Waals surface area contributed by atoms with Crippen LogP contribution in [-0.2, 0) is 18.9 Å². The first kappa shape index (κ1) is 16.6. The van der Waals surface area contributed by atoms with Crippen LogP contribution in [-0.4, -0.2) is 49.2 Å². The van der Waals surface area contributed by atoms with Gasteiger partial charge in [0, 0.05) is 7.11 Å². The molecule has 5 nitrogen and oxygen atoms in total. The first-order chi connectivity index (χ1) is 8.82. The second-order valence-corrected chi connectivity index (χ2v) is 5.52. The lowest BCUT2D eigenvalue weighted by atomic mass is 9.97. The molecule has 112 valence electrons. The standard InChI is InChI=1S/C14H26O5/c1-7-8-17-13(15)12-11(10(16-6)9(2)3)18-14(4,5)19-12/h7,9-13,15H,1,8H2,2-6H3/t10-,11?,12?,13-/m0/s1. The number of rotatable bonds is 7. The molecule has 1 heterocycles. The molecule has 0 bridgehead atoms. The average Bonchev–Trinajstić information content (AvgIpc) is 2.62. The summed E-state index contributed by atoms with van der Waals surface area (Å²) in [4.78, 5) is 0. The third-order valence-electron chi connectivity index (χ3n) is 3.08. The lowest BCUT2D eigenvalue weighted by Crippen LogP contribution is -2.46. The number of ether oxygens (including phenoxy) is 4. The molecule has 0 aromatic heterocycles. The van der Waals surface area contributed by atoms with E-state index in [-0.39, 0.29) is 24.7 Å². The summed E-state index contributed by atoms with van der Waals surface area (Å²) in [5.41, 5.74) is 0. The molecule has 1 aliphatic heterocycles. The van der Waals surface area contributed by atoms with Crippen molar-refractivity contribution in [3.8, 4) is 0 Å². The molecule has 1 fully saturated rings. The highest BCUT2D eigenvalue weighted by molar-refractivity contribution is 4.90. The lowest BCUT2D eigenvalue weighted by molar-refractivity contribution is -0.197. The minimum absolute atomic E-state index is 0.172. The number of methoxy groups -OCH3 is 1. The third-order valence-corrected chi connectivity index (χ3v) is 3.08. The van der Waals surface area contributed by atoms with Gasteiger partial charge in [-0.2, -0.15) is 0 Å². The van der Waals surface area contributed by atoms with E-state index < -0.39 is 18.2 Å². The number of aliphatic hydroxyl groups is 1. The van der Waals surface area contributed by atoms with Crippen molar-refractivity contribution in [2.45, 2.75) is 58.1 Å². The van der Waals surface area contributed by atoms with Crippen molar-refractivity contribution in [2.75, 3.05) is 13.7 Å². The van der Waals surface area contributed by atoms with Gasteiger partial charge in [-0.15, -0.1) is 6.58 Å². The van der Waals surface area contributed by atoms with E-state index in [4.69, 9.17) is 18.9 Å². The van der Waals surface area contributed by atoms with Gasteiger partial charge >= 0.3 is 0 Å². The Hall–Kier alpha value is -0.460. The zero-order valence-electron chi connectivity index (χ0n) is 12.5. The SMILES string of the molecule is C=CCO[C@H](O)C1OC(C)(C)OC1[C@@H](OC)C(C)C. The Balaban J connectivity index is 2.82. The van der Waals surface area contributed by atoms with E-state index in [1.54, 1.807) is 13.2 Å². The van der Waals surface area contributed by atoms with Gasteiger partial charge in [0.2, 0.25) is 0 Å². The van der Waals surface area contributed by atoms with E-state index in [2.05, 4.69) is 6.58 Å². The maximum Gasteiger partial charge on any atom is 0.184 e. The maximum absolute atomic E-state index is 10.1. The highest BCUT2D eigenvalue weighted by atomic mass is 16.8. The third kappa shape index (κ3) is 4.26. The van der Waals surface area contributed by atoms with E-state index in [1.165, 1.54) is 0 Å². The molecule has 4 atom stereocenters. The van der Waals surface area contributed by atoms with Gasteiger partial charge in [0.1, 0.15) is 12.2 Å². The molecule has 19 heavy (non-hydrogen) atoms. The molecule has 2 unspecified atom stereocenters. The zero-order valence-corrected chi connectivity index (χ0v) is 12.5. The summed E-state index contributed by atoms with van der Waals surface area (Å²) >= 11 is 0. The van der Waals surface area contributed by atoms with Crippen LogP contribution in [0.4, 0.5) is 0 Å². The summed E-state index contributed by atoms with van der Waals surface area (Å²) in [6.07, 6.45) is -0.618. The Morgan fingerprint density at radius 1 is 1.32 bits per heavy atom. The molecular weight excluding hydrogens is 248 g/mol. The van der Waals surface area contributed by atoms with Gasteiger partial charge in [0.05, 0.1) is 12.7 Å². The van der Waals surface area contributed by atoms with Crippen LogP contribution in [0.15, 0.2) is 12.7 Å². The molecule has 1 rings (SSSR count). The molecule has 1 N–H and O–H groups in total. The molecule has 0 spiro atoms. The number of hydrogen-bond acceptors (Lipinski definition) is 5. The van der Waals surface area contributed by atoms with Gasteiger partial charge in [-0.3, -0.25) is 0 Å². The smallest absolute Gasteiger partial charge is 0.184 e. The van der Waals surface area contributed by atoms with E-state index >= 15 is 0 Å². The summed E-state index contributed by atoms with van der Waals surface area (Å²) in [5, 5.41) is 10.1. The first-order valence-corrected chi connectivity index (χ1v) is 6.61. The topological polar surface area (TPSA) is 57.2 Å². The summed E-state index contributed by atoms with van der Waals surface area (Å²) in [5.74, 6) is -0.527. The van der Waals surface area contributed by atoms with Crippen molar-refractivity contribution in [3.63, 3.8) is 0 Å². The predicted molar refractivity (Wildman–Crippen MR) is 71.6 cm³/mol. The van der Waals surface area contributed by atoms with Crippen molar-refractivity contribution in [1.29, 1.82) is 0 Å². The summed E-state index contributed by atoms with van der Waals surface area (Å²) in [6, 6.07) is 0. The van der Waals surface area contributed by atoms with Crippen LogP contribution in [0, 0.1) is 5.92 Å². The quantitative estimate of drug-likeness (QED) is 0.565. The van der Waals surface area contributed by atoms with Crippen molar-refractivity contribution in [3.05, 3.63) is 12.7 Å². The first-order valence-electron chi connectivity index (χ1n) is 6.61. The molecule has 0 aromatic carbocycles. The Morgan fingerprint density at radius 2 is 1.89 bits per heavy atom. The van der Waals surface area contributed by atoms with Crippen LogP contribution < -0.4 is 0 Å². The molecule has 1 aliphatic rings. The van der Waals surface area contributed by atoms with Crippen LogP contribution >= 0.6 is 0 Å². The maximum atomic E-state index is 10.1. The van der Waals surface area contributed by atoms with Gasteiger partial charge in [-0.1, -0.05) is 19.9 Å². The van der Waals surface area contributed by atoms with Crippen molar-refractivity contribution in [2.24, 2.45) is 5.92 Å². The summed E-state index contributed by atoms with van der Waals surface area (Å²) in [7, 11) is 1.63. The number of aliphatic hydroxyl groups excluding tert-OH is 1. The average molecular weight is 274 g/mol. The Kier molecular flexibility index (Phi) is 5.95. The van der Waals surface area contributed by atoms with Crippen LogP contribution in [0.5, 0.6) is 0 Å². The second-order valence-electron chi connectivity index (χ2n) is 5.52. The van der Waals surface area contributed by atoms with Crippen molar-refractivity contribution >= 4 is 0 Å². The van der Waals surface area contributed by atoms with Crippen LogP contribution in [0.3, 0.4) is 0 Å². The molecule has 0 radical (unpaired) electrons. The fraction of sp³-hybridized carbons (Fsp3) is 0.857. The molecule has 0 aromatic rings. The minimum Gasteiger partial charge on any atom is -0.378 e. The summed E-state index contributed by atoms with van der Waals surface area (Å²) in [6.45, 7) is 11.5. The Morgan fingerprint density at radius 3 is 2.37 bits per heavy atom. The van der Waals surface area contributed by atoms with Gasteiger partial charge in [-0.05, 0) is 19.8 Å². The van der Waals surface area contributed by atoms with Gasteiger partial charge in [-0.25, -0.2) is 0 Å². The van der Waals surface area contributed by atoms with Crippen molar-refractivity contribution < 1.29 is 24.1 Å². The van der Waals surface area contributed by atoms with E-state index in [9.17, 15) is 5.11 Å². The monoisotopic (exact) mass is 274 g/mol. The minimum atomic E-state index is -1.07. The fourth-order valence-electron chi connectivity index (χ4n) is 2.34. The molecule has 0 amide bonds. The second kappa shape index (κ2) is 6.81. The molecule has 1 saturated heterocycles. The molecule has 0 saturated carbocycles. The summed E-state index contributed by atoms with van der Waals surface area (Å²) < 4.78 is 22.3. The van der Waals surface area contributed by atoms with Crippen LogP contribution in [0.1, 0.15) is 27.7 Å². The number of hydrogen-bond donors (Lipinski definition) is 1. The van der Waals surface area contributed by atoms with Crippen molar-refractivity contribution in [1.82, 2.24) is 0 Å². The fourth-order valence-corrected chi connectivity index (χ4v) is 2.34. The normalized spacial score (nSPS) is 29.4. The predicted octanol–water partition coefficient (Wildman–Crippen LogP) is 1.70. The molecular formula is C14H26O5.